The molecule has 0 fully saturated rings. The highest BCUT2D eigenvalue weighted by Gasteiger charge is 2.21. The fourth-order valence-corrected chi connectivity index (χ4v) is 3.10. The highest BCUT2D eigenvalue weighted by molar-refractivity contribution is 6.33. The maximum absolute atomic E-state index is 13.1. The predicted octanol–water partition coefficient (Wildman–Crippen LogP) is 4.51. The van der Waals surface area contributed by atoms with Crippen LogP contribution in [0, 0.1) is 12.7 Å². The Kier molecular flexibility index (Phi) is 5.38. The monoisotopic (exact) mass is 371 g/mol. The van der Waals surface area contributed by atoms with Crippen LogP contribution in [0.2, 0.25) is 5.15 Å². The van der Waals surface area contributed by atoms with Crippen molar-refractivity contribution < 1.29 is 9.18 Å². The number of nitrogens with one attached hydrogen (secondary N) is 1. The summed E-state index contributed by atoms with van der Waals surface area (Å²) >= 11 is 6.38. The van der Waals surface area contributed by atoms with Gasteiger partial charge in [0.25, 0.3) is 5.91 Å². The minimum atomic E-state index is -0.346. The first-order valence-corrected chi connectivity index (χ1v) is 8.69. The molecule has 0 unspecified atom stereocenters. The van der Waals surface area contributed by atoms with Crippen molar-refractivity contribution in [2.75, 3.05) is 6.54 Å². The number of aryl methyl sites for hydroxylation is 1. The second kappa shape index (κ2) is 7.70. The maximum Gasteiger partial charge on any atom is 0.256 e. The van der Waals surface area contributed by atoms with Gasteiger partial charge in [-0.2, -0.15) is 5.10 Å². The molecule has 6 heteroatoms. The summed E-state index contributed by atoms with van der Waals surface area (Å²) in [4.78, 5) is 12.6. The molecule has 0 aliphatic heterocycles. The molecule has 3 rings (SSSR count). The molecule has 0 bridgehead atoms. The molecular weight excluding hydrogens is 353 g/mol. The van der Waals surface area contributed by atoms with Crippen LogP contribution < -0.4 is 5.32 Å². The van der Waals surface area contributed by atoms with Gasteiger partial charge >= 0.3 is 0 Å². The van der Waals surface area contributed by atoms with E-state index >= 15 is 0 Å². The Morgan fingerprint density at radius 3 is 2.50 bits per heavy atom. The topological polar surface area (TPSA) is 46.9 Å². The zero-order valence-corrected chi connectivity index (χ0v) is 15.3. The van der Waals surface area contributed by atoms with E-state index < -0.39 is 0 Å². The van der Waals surface area contributed by atoms with Crippen LogP contribution in [-0.2, 0) is 0 Å². The molecule has 1 amide bonds. The highest BCUT2D eigenvalue weighted by atomic mass is 35.5. The van der Waals surface area contributed by atoms with E-state index in [1.807, 2.05) is 37.3 Å². The van der Waals surface area contributed by atoms with Gasteiger partial charge < -0.3 is 5.32 Å². The van der Waals surface area contributed by atoms with Crippen LogP contribution in [-0.4, -0.2) is 22.2 Å². The number of aromatic nitrogens is 2. The van der Waals surface area contributed by atoms with Crippen molar-refractivity contribution in [3.05, 3.63) is 82.4 Å². The van der Waals surface area contributed by atoms with Crippen molar-refractivity contribution >= 4 is 17.5 Å². The molecule has 0 aliphatic carbocycles. The van der Waals surface area contributed by atoms with Gasteiger partial charge in [0, 0.05) is 6.54 Å². The molecule has 134 valence electrons. The smallest absolute Gasteiger partial charge is 0.256 e. The molecule has 0 saturated carbocycles. The van der Waals surface area contributed by atoms with Crippen LogP contribution in [0.4, 0.5) is 4.39 Å². The van der Waals surface area contributed by atoms with Crippen molar-refractivity contribution in [1.82, 2.24) is 15.1 Å². The first kappa shape index (κ1) is 18.1. The summed E-state index contributed by atoms with van der Waals surface area (Å²) in [7, 11) is 0. The molecule has 1 aromatic heterocycles. The molecule has 0 radical (unpaired) electrons. The minimum absolute atomic E-state index is 0.173. The summed E-state index contributed by atoms with van der Waals surface area (Å²) in [5.41, 5.74) is 2.59. The first-order valence-electron chi connectivity index (χ1n) is 8.31. The van der Waals surface area contributed by atoms with E-state index in [4.69, 9.17) is 11.6 Å². The Bertz CT molecular complexity index is 907. The van der Waals surface area contributed by atoms with Crippen molar-refractivity contribution in [3.63, 3.8) is 0 Å². The quantitative estimate of drug-likeness (QED) is 0.717. The van der Waals surface area contributed by atoms with Crippen LogP contribution in [0.25, 0.3) is 5.69 Å². The lowest BCUT2D eigenvalue weighted by Crippen LogP contribution is -2.28. The SMILES string of the molecule is Cc1nn(-c2ccc(F)cc2)c(Cl)c1C(=O)NC[C@H](C)c1ccccc1. The lowest BCUT2D eigenvalue weighted by molar-refractivity contribution is 0.0951. The molecule has 0 spiro atoms. The van der Waals surface area contributed by atoms with Gasteiger partial charge in [0.05, 0.1) is 16.9 Å². The van der Waals surface area contributed by atoms with E-state index in [1.54, 1.807) is 19.1 Å². The summed E-state index contributed by atoms with van der Waals surface area (Å²) in [6.07, 6.45) is 0. The van der Waals surface area contributed by atoms with Gasteiger partial charge in [-0.25, -0.2) is 9.07 Å². The summed E-state index contributed by atoms with van der Waals surface area (Å²) in [5, 5.41) is 7.44. The number of hydrogen-bond acceptors (Lipinski definition) is 2. The van der Waals surface area contributed by atoms with Gasteiger partial charge in [-0.1, -0.05) is 48.9 Å². The highest BCUT2D eigenvalue weighted by Crippen LogP contribution is 2.24. The van der Waals surface area contributed by atoms with Crippen molar-refractivity contribution in [2.24, 2.45) is 0 Å². The molecule has 0 saturated heterocycles. The Morgan fingerprint density at radius 1 is 1.19 bits per heavy atom. The molecule has 1 atom stereocenters. The lowest BCUT2D eigenvalue weighted by atomic mass is 10.0. The van der Waals surface area contributed by atoms with Gasteiger partial charge in [-0.05, 0) is 42.7 Å². The Balaban J connectivity index is 1.76. The standard InChI is InChI=1S/C20H19ClFN3O/c1-13(15-6-4-3-5-7-15)12-23-20(26)18-14(2)24-25(19(18)21)17-10-8-16(22)9-11-17/h3-11,13H,12H2,1-2H3,(H,23,26)/t13-/m0/s1. The predicted molar refractivity (Wildman–Crippen MR) is 100 cm³/mol. The molecule has 2 aromatic carbocycles. The number of hydrogen-bond donors (Lipinski definition) is 1. The van der Waals surface area contributed by atoms with Gasteiger partial charge in [-0.3, -0.25) is 4.79 Å². The summed E-state index contributed by atoms with van der Waals surface area (Å²) in [5.74, 6) is -0.448. The van der Waals surface area contributed by atoms with E-state index in [0.29, 0.717) is 23.5 Å². The van der Waals surface area contributed by atoms with Crippen LogP contribution in [0.5, 0.6) is 0 Å². The number of amides is 1. The van der Waals surface area contributed by atoms with Gasteiger partial charge in [-0.15, -0.1) is 0 Å². The molecule has 26 heavy (non-hydrogen) atoms. The van der Waals surface area contributed by atoms with Crippen molar-refractivity contribution in [3.8, 4) is 5.69 Å². The third-order valence-electron chi connectivity index (χ3n) is 4.24. The van der Waals surface area contributed by atoms with E-state index in [2.05, 4.69) is 10.4 Å². The van der Waals surface area contributed by atoms with Crippen LogP contribution in [0.3, 0.4) is 0 Å². The van der Waals surface area contributed by atoms with Crippen LogP contribution in [0.15, 0.2) is 54.6 Å². The van der Waals surface area contributed by atoms with Crippen molar-refractivity contribution in [1.29, 1.82) is 0 Å². The number of carbonyl (C=O) groups excluding carboxylic acids is 1. The fraction of sp³-hybridized carbons (Fsp3) is 0.200. The van der Waals surface area contributed by atoms with Crippen LogP contribution in [0.1, 0.15) is 34.5 Å². The second-order valence-electron chi connectivity index (χ2n) is 6.16. The Hall–Kier alpha value is -2.66. The van der Waals surface area contributed by atoms with E-state index in [1.165, 1.54) is 16.8 Å². The maximum atomic E-state index is 13.1. The van der Waals surface area contributed by atoms with Gasteiger partial charge in [0.15, 0.2) is 0 Å². The van der Waals surface area contributed by atoms with E-state index in [-0.39, 0.29) is 22.8 Å². The van der Waals surface area contributed by atoms with E-state index in [9.17, 15) is 9.18 Å². The number of halogens is 2. The second-order valence-corrected chi connectivity index (χ2v) is 6.52. The molecule has 3 aromatic rings. The molecule has 1 heterocycles. The first-order chi connectivity index (χ1) is 12.5. The number of rotatable bonds is 5. The summed E-state index contributed by atoms with van der Waals surface area (Å²) in [6.45, 7) is 4.26. The number of benzene rings is 2. The van der Waals surface area contributed by atoms with E-state index in [0.717, 1.165) is 5.56 Å². The normalized spacial score (nSPS) is 12.0. The average molecular weight is 372 g/mol. The van der Waals surface area contributed by atoms with Gasteiger partial charge in [0.1, 0.15) is 11.0 Å². The third-order valence-corrected chi connectivity index (χ3v) is 4.59. The molecule has 0 aliphatic rings. The van der Waals surface area contributed by atoms with Gasteiger partial charge in [0.2, 0.25) is 0 Å². The third kappa shape index (κ3) is 3.78. The molecule has 4 nitrogen and oxygen atoms in total. The summed E-state index contributed by atoms with van der Waals surface area (Å²) in [6, 6.07) is 15.7. The summed E-state index contributed by atoms with van der Waals surface area (Å²) < 4.78 is 14.5. The zero-order chi connectivity index (χ0) is 18.7. The largest absolute Gasteiger partial charge is 0.351 e. The lowest BCUT2D eigenvalue weighted by Gasteiger charge is -2.13. The average Bonchev–Trinajstić information content (AvgIpc) is 2.95. The molecular formula is C20H19ClFN3O. The molecule has 1 N–H and O–H groups in total. The zero-order valence-electron chi connectivity index (χ0n) is 14.5. The fourth-order valence-electron chi connectivity index (χ4n) is 2.74. The number of nitrogens with zero attached hydrogens (tertiary/aromatic N) is 2. The van der Waals surface area contributed by atoms with Crippen LogP contribution >= 0.6 is 11.6 Å². The number of carbonyl (C=O) groups is 1. The Morgan fingerprint density at radius 2 is 1.85 bits per heavy atom. The Labute approximate surface area is 156 Å². The van der Waals surface area contributed by atoms with Crippen molar-refractivity contribution in [2.45, 2.75) is 19.8 Å². The minimum Gasteiger partial charge on any atom is -0.351 e.